The van der Waals surface area contributed by atoms with E-state index in [4.69, 9.17) is 10.5 Å². The minimum absolute atomic E-state index is 0.0556. The van der Waals surface area contributed by atoms with Crippen molar-refractivity contribution in [3.05, 3.63) is 77.2 Å². The minimum Gasteiger partial charge on any atom is -0.444 e. The molecule has 4 rings (SSSR count). The molecule has 0 bridgehead atoms. The highest BCUT2D eigenvalue weighted by atomic mass is 19.2. The number of halogens is 3. The van der Waals surface area contributed by atoms with E-state index in [2.05, 4.69) is 26.0 Å². The van der Waals surface area contributed by atoms with Gasteiger partial charge in [-0.05, 0) is 70.5 Å². The van der Waals surface area contributed by atoms with E-state index in [0.29, 0.717) is 12.2 Å². The largest absolute Gasteiger partial charge is 0.444 e. The van der Waals surface area contributed by atoms with Crippen LogP contribution in [0.1, 0.15) is 56.6 Å². The third-order valence-corrected chi connectivity index (χ3v) is 6.32. The maximum Gasteiger partial charge on any atom is 0.407 e. The average molecular weight is 584 g/mol. The van der Waals surface area contributed by atoms with Gasteiger partial charge in [0, 0.05) is 11.9 Å². The zero-order valence-corrected chi connectivity index (χ0v) is 23.8. The van der Waals surface area contributed by atoms with Crippen LogP contribution in [0.3, 0.4) is 0 Å². The van der Waals surface area contributed by atoms with Gasteiger partial charge in [-0.1, -0.05) is 12.1 Å². The minimum atomic E-state index is -1.13. The van der Waals surface area contributed by atoms with Gasteiger partial charge in [0.2, 0.25) is 0 Å². The number of fused-ring (bicyclic) bond motifs is 1. The summed E-state index contributed by atoms with van der Waals surface area (Å²) in [6, 6.07) is 7.61. The molecule has 0 unspecified atom stereocenters. The quantitative estimate of drug-likeness (QED) is 0.196. The number of primary amides is 1. The fourth-order valence-electron chi connectivity index (χ4n) is 4.39. The molecule has 4 aromatic rings. The predicted octanol–water partition coefficient (Wildman–Crippen LogP) is 5.78. The molecule has 0 aliphatic rings. The molecule has 0 spiro atoms. The summed E-state index contributed by atoms with van der Waals surface area (Å²) >= 11 is 0. The van der Waals surface area contributed by atoms with Gasteiger partial charge in [-0.15, -0.1) is 0 Å². The molecule has 2 atom stereocenters. The van der Waals surface area contributed by atoms with E-state index in [-0.39, 0.29) is 22.8 Å². The molecule has 2 aromatic carbocycles. The smallest absolute Gasteiger partial charge is 0.407 e. The van der Waals surface area contributed by atoms with Gasteiger partial charge in [0.15, 0.2) is 23.3 Å². The summed E-state index contributed by atoms with van der Waals surface area (Å²) in [5.41, 5.74) is 6.07. The highest BCUT2D eigenvalue weighted by Crippen LogP contribution is 2.31. The van der Waals surface area contributed by atoms with E-state index >= 15 is 4.39 Å². The normalized spacial score (nSPS) is 13.0. The van der Waals surface area contributed by atoms with E-state index in [1.54, 1.807) is 50.7 Å². The zero-order valence-electron chi connectivity index (χ0n) is 23.8. The summed E-state index contributed by atoms with van der Waals surface area (Å²) in [7, 11) is 0. The second kappa shape index (κ2) is 12.0. The molecule has 2 amide bonds. The number of rotatable bonds is 9. The average Bonchev–Trinajstić information content (AvgIpc) is 3.33. The number of hydrogen-bond acceptors (Lipinski definition) is 7. The van der Waals surface area contributed by atoms with Crippen molar-refractivity contribution < 1.29 is 27.5 Å². The first-order valence-corrected chi connectivity index (χ1v) is 13.2. The summed E-state index contributed by atoms with van der Waals surface area (Å²) in [4.78, 5) is 29.1. The van der Waals surface area contributed by atoms with Gasteiger partial charge in [-0.2, -0.15) is 5.10 Å². The van der Waals surface area contributed by atoms with Crippen LogP contribution >= 0.6 is 0 Å². The summed E-state index contributed by atoms with van der Waals surface area (Å²) in [6.07, 6.45) is 0.877. The Hall–Kier alpha value is -4.81. The number of nitrogens with one attached hydrogen (secondary N) is 3. The summed E-state index contributed by atoms with van der Waals surface area (Å²) in [5, 5.41) is 13.6. The van der Waals surface area contributed by atoms with Crippen molar-refractivity contribution in [3.8, 4) is 0 Å². The summed E-state index contributed by atoms with van der Waals surface area (Å²) < 4.78 is 50.5. The topological polar surface area (TPSA) is 136 Å². The molecule has 0 aliphatic heterocycles. The monoisotopic (exact) mass is 583 g/mol. The standard InChI is InChI=1S/C29H32F3N7O3/c1-6-39-23-9-7-8-22(18(23)14-34-39)36-26-17(25(33)40)13-21(32)27(38-26)37-24(16-10-11-19(30)20(31)12-16)15(2)35-28(41)42-29(3,4)5/h7-15,24H,6H2,1-5H3,(H2,33,40)(H,35,41)(H2,36,37,38)/t15-,24-/m0/s1. The number of nitrogens with zero attached hydrogens (tertiary/aromatic N) is 3. The molecular formula is C29H32F3N7O3. The molecule has 0 fully saturated rings. The Bertz CT molecular complexity index is 1640. The third-order valence-electron chi connectivity index (χ3n) is 6.32. The van der Waals surface area contributed by atoms with Gasteiger partial charge in [-0.3, -0.25) is 9.48 Å². The van der Waals surface area contributed by atoms with Gasteiger partial charge in [0.1, 0.15) is 11.4 Å². The first-order valence-electron chi connectivity index (χ1n) is 13.2. The number of aryl methyl sites for hydroxylation is 1. The molecule has 0 saturated heterocycles. The van der Waals surface area contributed by atoms with Crippen molar-refractivity contribution in [1.82, 2.24) is 20.1 Å². The Balaban J connectivity index is 1.74. The Kier molecular flexibility index (Phi) is 8.59. The SMILES string of the molecule is CCn1ncc2c(Nc3nc(N[C@H](c4ccc(F)c(F)c4)[C@H](C)NC(=O)OC(C)(C)C)c(F)cc3C(N)=O)cccc21. The van der Waals surface area contributed by atoms with Crippen molar-refractivity contribution in [3.63, 3.8) is 0 Å². The Morgan fingerprint density at radius 3 is 2.43 bits per heavy atom. The fraction of sp³-hybridized carbons (Fsp3) is 0.310. The zero-order chi connectivity index (χ0) is 30.8. The highest BCUT2D eigenvalue weighted by molar-refractivity contribution is 6.00. The van der Waals surface area contributed by atoms with Crippen LogP contribution in [0.2, 0.25) is 0 Å². The lowest BCUT2D eigenvalue weighted by Crippen LogP contribution is -2.42. The van der Waals surface area contributed by atoms with E-state index in [0.717, 1.165) is 29.1 Å². The number of aromatic nitrogens is 3. The molecule has 0 radical (unpaired) electrons. The van der Waals surface area contributed by atoms with Crippen LogP contribution in [0, 0.1) is 17.5 Å². The number of pyridine rings is 1. The molecule has 42 heavy (non-hydrogen) atoms. The molecule has 10 nitrogen and oxygen atoms in total. The van der Waals surface area contributed by atoms with Crippen LogP contribution in [-0.2, 0) is 11.3 Å². The highest BCUT2D eigenvalue weighted by Gasteiger charge is 2.27. The lowest BCUT2D eigenvalue weighted by molar-refractivity contribution is 0.0503. The summed E-state index contributed by atoms with van der Waals surface area (Å²) in [5.74, 6) is -4.48. The van der Waals surface area contributed by atoms with E-state index in [1.165, 1.54) is 6.07 Å². The van der Waals surface area contributed by atoms with Crippen LogP contribution in [0.25, 0.3) is 10.9 Å². The number of amides is 2. The Morgan fingerprint density at radius 1 is 1.05 bits per heavy atom. The van der Waals surface area contributed by atoms with Gasteiger partial charge >= 0.3 is 6.09 Å². The van der Waals surface area contributed by atoms with Gasteiger partial charge < -0.3 is 26.4 Å². The molecule has 5 N–H and O–H groups in total. The Labute approximate surface area is 240 Å². The number of alkyl carbamates (subject to hydrolysis) is 1. The second-order valence-electron chi connectivity index (χ2n) is 10.6. The molecule has 0 saturated carbocycles. The number of anilines is 3. The number of carbonyl (C=O) groups is 2. The maximum absolute atomic E-state index is 15.4. The van der Waals surface area contributed by atoms with Crippen LogP contribution < -0.4 is 21.7 Å². The number of carbonyl (C=O) groups excluding carboxylic acids is 2. The third kappa shape index (κ3) is 6.73. The molecule has 2 heterocycles. The van der Waals surface area contributed by atoms with E-state index < -0.39 is 47.1 Å². The first-order chi connectivity index (χ1) is 19.8. The van der Waals surface area contributed by atoms with E-state index in [9.17, 15) is 18.4 Å². The molecular weight excluding hydrogens is 551 g/mol. The number of ether oxygens (including phenoxy) is 1. The Morgan fingerprint density at radius 2 is 1.79 bits per heavy atom. The van der Waals surface area contributed by atoms with Gasteiger partial charge in [-0.25, -0.2) is 22.9 Å². The fourth-order valence-corrected chi connectivity index (χ4v) is 4.39. The molecule has 222 valence electrons. The maximum atomic E-state index is 15.4. The van der Waals surface area contributed by atoms with Gasteiger partial charge in [0.05, 0.1) is 35.0 Å². The molecule has 2 aromatic heterocycles. The van der Waals surface area contributed by atoms with Crippen molar-refractivity contribution in [2.45, 2.75) is 58.8 Å². The lowest BCUT2D eigenvalue weighted by Gasteiger charge is -2.29. The predicted molar refractivity (Wildman–Crippen MR) is 153 cm³/mol. The van der Waals surface area contributed by atoms with Crippen molar-refractivity contribution >= 4 is 40.2 Å². The summed E-state index contributed by atoms with van der Waals surface area (Å²) in [6.45, 7) is 9.20. The lowest BCUT2D eigenvalue weighted by atomic mass is 10.00. The number of hydrogen-bond donors (Lipinski definition) is 4. The number of benzene rings is 2. The van der Waals surface area contributed by atoms with Gasteiger partial charge in [0.25, 0.3) is 5.91 Å². The van der Waals surface area contributed by atoms with Crippen LogP contribution in [0.15, 0.2) is 48.7 Å². The van der Waals surface area contributed by atoms with Crippen molar-refractivity contribution in [1.29, 1.82) is 0 Å². The van der Waals surface area contributed by atoms with E-state index in [1.807, 2.05) is 13.0 Å². The molecule has 13 heteroatoms. The van der Waals surface area contributed by atoms with Crippen LogP contribution in [-0.4, -0.2) is 38.4 Å². The number of nitrogens with two attached hydrogens (primary N) is 1. The first kappa shape index (κ1) is 30.2. The second-order valence-corrected chi connectivity index (χ2v) is 10.6. The van der Waals surface area contributed by atoms with Crippen molar-refractivity contribution in [2.24, 2.45) is 5.73 Å². The van der Waals surface area contributed by atoms with Crippen LogP contribution in [0.4, 0.5) is 35.3 Å². The van der Waals surface area contributed by atoms with Crippen molar-refractivity contribution in [2.75, 3.05) is 10.6 Å². The molecule has 0 aliphatic carbocycles. The van der Waals surface area contributed by atoms with Crippen LogP contribution in [0.5, 0.6) is 0 Å².